The molecule has 1 amide bonds. The number of sulfonamides is 1. The van der Waals surface area contributed by atoms with Crippen LogP contribution in [0.1, 0.15) is 17.6 Å². The van der Waals surface area contributed by atoms with Gasteiger partial charge in [0.2, 0.25) is 15.9 Å². The van der Waals surface area contributed by atoms with Crippen LogP contribution in [-0.4, -0.2) is 61.7 Å². The first kappa shape index (κ1) is 16.6. The molecule has 22 heavy (non-hydrogen) atoms. The number of carbonyl (C=O) groups is 1. The highest BCUT2D eigenvalue weighted by molar-refractivity contribution is 7.88. The molecule has 9 nitrogen and oxygen atoms in total. The predicted octanol–water partition coefficient (Wildman–Crippen LogP) is -1.47. The number of hydrogen-bond acceptors (Lipinski definition) is 6. The number of morpholine rings is 1. The topological polar surface area (TPSA) is 121 Å². The number of aromatic amines is 1. The highest BCUT2D eigenvalue weighted by atomic mass is 32.2. The summed E-state index contributed by atoms with van der Waals surface area (Å²) in [6.45, 7) is 2.24. The first-order valence-corrected chi connectivity index (χ1v) is 8.55. The van der Waals surface area contributed by atoms with Gasteiger partial charge in [-0.3, -0.25) is 9.59 Å². The molecule has 1 atom stereocenters. The molecule has 1 fully saturated rings. The van der Waals surface area contributed by atoms with Gasteiger partial charge in [-0.25, -0.2) is 18.1 Å². The van der Waals surface area contributed by atoms with Crippen LogP contribution in [0.15, 0.2) is 10.9 Å². The summed E-state index contributed by atoms with van der Waals surface area (Å²) in [5, 5.41) is 0. The van der Waals surface area contributed by atoms with Crippen LogP contribution in [0.3, 0.4) is 0 Å². The van der Waals surface area contributed by atoms with E-state index in [1.165, 1.54) is 11.0 Å². The number of amides is 1. The summed E-state index contributed by atoms with van der Waals surface area (Å²) in [6.07, 6.45) is 0.451. The van der Waals surface area contributed by atoms with Gasteiger partial charge in [0.15, 0.2) is 0 Å². The number of carbonyl (C=O) groups excluding carboxylic acids is 1. The molecule has 1 aliphatic heterocycles. The van der Waals surface area contributed by atoms with Gasteiger partial charge in [0.25, 0.3) is 5.56 Å². The Hall–Kier alpha value is -1.78. The first-order chi connectivity index (χ1) is 10.2. The van der Waals surface area contributed by atoms with Gasteiger partial charge in [0.1, 0.15) is 11.9 Å². The van der Waals surface area contributed by atoms with Crippen LogP contribution in [0.4, 0.5) is 0 Å². The minimum Gasteiger partial charge on any atom is -0.367 e. The second kappa shape index (κ2) is 6.55. The van der Waals surface area contributed by atoms with Crippen molar-refractivity contribution in [1.29, 1.82) is 0 Å². The van der Waals surface area contributed by atoms with E-state index in [1.54, 1.807) is 6.92 Å². The maximum absolute atomic E-state index is 12.0. The molecule has 2 heterocycles. The molecule has 1 aliphatic rings. The first-order valence-electron chi connectivity index (χ1n) is 6.66. The van der Waals surface area contributed by atoms with Crippen LogP contribution < -0.4 is 10.3 Å². The molecule has 0 aromatic carbocycles. The molecule has 1 aromatic rings. The van der Waals surface area contributed by atoms with Crippen molar-refractivity contribution in [2.75, 3.05) is 32.5 Å². The molecular weight excluding hydrogens is 312 g/mol. The van der Waals surface area contributed by atoms with Gasteiger partial charge in [-0.2, -0.15) is 0 Å². The average Bonchev–Trinajstić information content (AvgIpc) is 2.43. The fourth-order valence-corrected chi connectivity index (χ4v) is 2.49. The third-order valence-electron chi connectivity index (χ3n) is 3.10. The number of rotatable bonds is 4. The zero-order valence-corrected chi connectivity index (χ0v) is 13.1. The molecular formula is C12H18N4O5S. The largest absolute Gasteiger partial charge is 0.367 e. The second-order valence-corrected chi connectivity index (χ2v) is 6.90. The lowest BCUT2D eigenvalue weighted by Crippen LogP contribution is -2.46. The molecule has 0 spiro atoms. The minimum absolute atomic E-state index is 0.205. The molecule has 1 aromatic heterocycles. The van der Waals surface area contributed by atoms with Gasteiger partial charge >= 0.3 is 0 Å². The van der Waals surface area contributed by atoms with E-state index in [0.717, 1.165) is 6.26 Å². The fourth-order valence-electron chi connectivity index (χ4n) is 2.10. The van der Waals surface area contributed by atoms with Crippen molar-refractivity contribution < 1.29 is 17.9 Å². The summed E-state index contributed by atoms with van der Waals surface area (Å²) in [4.78, 5) is 31.8. The third kappa shape index (κ3) is 4.61. The Morgan fingerprint density at radius 3 is 2.95 bits per heavy atom. The van der Waals surface area contributed by atoms with Crippen molar-refractivity contribution in [3.63, 3.8) is 0 Å². The lowest BCUT2D eigenvalue weighted by Gasteiger charge is -2.32. The Labute approximate surface area is 127 Å². The van der Waals surface area contributed by atoms with Crippen molar-refractivity contribution in [2.24, 2.45) is 0 Å². The monoisotopic (exact) mass is 330 g/mol. The van der Waals surface area contributed by atoms with Crippen LogP contribution in [0, 0.1) is 6.92 Å². The van der Waals surface area contributed by atoms with Crippen molar-refractivity contribution in [2.45, 2.75) is 13.0 Å². The lowest BCUT2D eigenvalue weighted by atomic mass is 10.2. The van der Waals surface area contributed by atoms with E-state index >= 15 is 0 Å². The van der Waals surface area contributed by atoms with Gasteiger partial charge in [-0.15, -0.1) is 0 Å². The standard InChI is InChI=1S/C12H18N4O5S/c1-8-5-10(17)15-12(14-8)9-7-16(3-4-21-9)11(18)6-13-22(2,19)20/h5,9,13H,3-4,6-7H2,1-2H3,(H,14,15,17)/t9-/m1/s1. The van der Waals surface area contributed by atoms with E-state index in [0.29, 0.717) is 18.1 Å². The Balaban J connectivity index is 2.05. The second-order valence-electron chi connectivity index (χ2n) is 5.06. The van der Waals surface area contributed by atoms with Crippen molar-refractivity contribution in [3.05, 3.63) is 27.9 Å². The molecule has 2 N–H and O–H groups in total. The number of nitrogens with one attached hydrogen (secondary N) is 2. The summed E-state index contributed by atoms with van der Waals surface area (Å²) in [7, 11) is -3.42. The van der Waals surface area contributed by atoms with Crippen molar-refractivity contribution in [3.8, 4) is 0 Å². The number of hydrogen-bond donors (Lipinski definition) is 2. The van der Waals surface area contributed by atoms with Gasteiger partial charge in [-0.1, -0.05) is 0 Å². The van der Waals surface area contributed by atoms with Gasteiger partial charge < -0.3 is 14.6 Å². The third-order valence-corrected chi connectivity index (χ3v) is 3.77. The van der Waals surface area contributed by atoms with Gasteiger partial charge in [0.05, 0.1) is 26.0 Å². The van der Waals surface area contributed by atoms with Crippen molar-refractivity contribution in [1.82, 2.24) is 19.6 Å². The molecule has 122 valence electrons. The molecule has 10 heteroatoms. The maximum Gasteiger partial charge on any atom is 0.251 e. The Kier molecular flexibility index (Phi) is 4.94. The molecule has 0 unspecified atom stereocenters. The van der Waals surface area contributed by atoms with E-state index in [-0.39, 0.29) is 31.2 Å². The fraction of sp³-hybridized carbons (Fsp3) is 0.583. The Morgan fingerprint density at radius 1 is 1.59 bits per heavy atom. The van der Waals surface area contributed by atoms with Crippen LogP contribution in [0.2, 0.25) is 0 Å². The zero-order chi connectivity index (χ0) is 16.3. The van der Waals surface area contributed by atoms with Crippen LogP contribution >= 0.6 is 0 Å². The summed E-state index contributed by atoms with van der Waals surface area (Å²) < 4.78 is 29.7. The van der Waals surface area contributed by atoms with Gasteiger partial charge in [-0.05, 0) is 6.92 Å². The summed E-state index contributed by atoms with van der Waals surface area (Å²) >= 11 is 0. The molecule has 0 radical (unpaired) electrons. The van der Waals surface area contributed by atoms with E-state index in [2.05, 4.69) is 14.7 Å². The smallest absolute Gasteiger partial charge is 0.251 e. The van der Waals surface area contributed by atoms with Gasteiger partial charge in [0, 0.05) is 18.3 Å². The number of aromatic nitrogens is 2. The van der Waals surface area contributed by atoms with E-state index in [4.69, 9.17) is 4.74 Å². The molecule has 0 saturated carbocycles. The quantitative estimate of drug-likeness (QED) is 0.695. The number of ether oxygens (including phenoxy) is 1. The van der Waals surface area contributed by atoms with Crippen LogP contribution in [0.25, 0.3) is 0 Å². The normalized spacial score (nSPS) is 19.2. The van der Waals surface area contributed by atoms with Crippen LogP contribution in [-0.2, 0) is 19.6 Å². The minimum atomic E-state index is -3.42. The average molecular weight is 330 g/mol. The van der Waals surface area contributed by atoms with E-state index in [9.17, 15) is 18.0 Å². The lowest BCUT2D eigenvalue weighted by molar-refractivity contribution is -0.138. The maximum atomic E-state index is 12.0. The number of nitrogens with zero attached hydrogens (tertiary/aromatic N) is 2. The summed E-state index contributed by atoms with van der Waals surface area (Å²) in [6, 6.07) is 1.37. The highest BCUT2D eigenvalue weighted by Crippen LogP contribution is 2.18. The Bertz CT molecular complexity index is 714. The molecule has 1 saturated heterocycles. The highest BCUT2D eigenvalue weighted by Gasteiger charge is 2.27. The van der Waals surface area contributed by atoms with Crippen LogP contribution in [0.5, 0.6) is 0 Å². The molecule has 2 rings (SSSR count). The van der Waals surface area contributed by atoms with E-state index < -0.39 is 16.1 Å². The zero-order valence-electron chi connectivity index (χ0n) is 12.3. The van der Waals surface area contributed by atoms with Crippen molar-refractivity contribution >= 4 is 15.9 Å². The Morgan fingerprint density at radius 2 is 2.32 bits per heavy atom. The number of aryl methyl sites for hydroxylation is 1. The number of H-pyrrole nitrogens is 1. The SMILES string of the molecule is Cc1cc(=O)[nH]c([C@H]2CN(C(=O)CNS(C)(=O)=O)CCO2)n1. The molecule has 0 bridgehead atoms. The molecule has 0 aliphatic carbocycles. The predicted molar refractivity (Wildman–Crippen MR) is 77.7 cm³/mol. The summed E-state index contributed by atoms with van der Waals surface area (Å²) in [5.41, 5.74) is 0.276. The summed E-state index contributed by atoms with van der Waals surface area (Å²) in [5.74, 6) is 0.00676. The van der Waals surface area contributed by atoms with E-state index in [1.807, 2.05) is 0 Å².